The van der Waals surface area contributed by atoms with E-state index in [1.165, 1.54) is 0 Å². The lowest BCUT2D eigenvalue weighted by atomic mass is 10.1. The number of carbonyl (C=O) groups excluding carboxylic acids is 1. The highest BCUT2D eigenvalue weighted by atomic mass is 32.2. The van der Waals surface area contributed by atoms with Crippen molar-refractivity contribution in [3.05, 3.63) is 71.8 Å². The van der Waals surface area contributed by atoms with Crippen molar-refractivity contribution in [3.63, 3.8) is 0 Å². The van der Waals surface area contributed by atoms with E-state index in [0.717, 1.165) is 5.56 Å². The largest absolute Gasteiger partial charge is 0.368 e. The maximum atomic E-state index is 12.2. The number of hydrogen-bond donors (Lipinski definition) is 2. The molecule has 1 amide bonds. The predicted octanol–water partition coefficient (Wildman–Crippen LogP) is 1.20. The normalized spacial score (nSPS) is 12.7. The summed E-state index contributed by atoms with van der Waals surface area (Å²) in [6.45, 7) is 0. The molecule has 1 atom stereocenters. The summed E-state index contributed by atoms with van der Waals surface area (Å²) in [6, 6.07) is 17.0. The summed E-state index contributed by atoms with van der Waals surface area (Å²) in [6.07, 6.45) is 0.226. The molecule has 0 aliphatic heterocycles. The van der Waals surface area contributed by atoms with Gasteiger partial charge in [-0.2, -0.15) is 0 Å². The van der Waals surface area contributed by atoms with Gasteiger partial charge in [0.25, 0.3) is 0 Å². The fourth-order valence-electron chi connectivity index (χ4n) is 2.10. The first kappa shape index (κ1) is 16.2. The van der Waals surface area contributed by atoms with E-state index in [-0.39, 0.29) is 12.2 Å². The van der Waals surface area contributed by atoms with Crippen LogP contribution in [0, 0.1) is 0 Å². The molecule has 3 N–H and O–H groups in total. The molecule has 0 radical (unpaired) electrons. The number of primary amides is 1. The number of rotatable bonds is 7. The summed E-state index contributed by atoms with van der Waals surface area (Å²) >= 11 is 0. The molecule has 0 spiro atoms. The van der Waals surface area contributed by atoms with Gasteiger partial charge in [-0.1, -0.05) is 60.7 Å². The molecule has 0 aliphatic carbocycles. The summed E-state index contributed by atoms with van der Waals surface area (Å²) < 4.78 is 26.8. The van der Waals surface area contributed by atoms with Crippen LogP contribution in [0.15, 0.2) is 60.7 Å². The minimum absolute atomic E-state index is 0.188. The Bertz CT molecular complexity index is 716. The van der Waals surface area contributed by atoms with Crippen LogP contribution in [0.2, 0.25) is 0 Å². The molecule has 0 heterocycles. The molecule has 0 fully saturated rings. The van der Waals surface area contributed by atoms with Gasteiger partial charge in [0.15, 0.2) is 0 Å². The smallest absolute Gasteiger partial charge is 0.235 e. The van der Waals surface area contributed by atoms with Gasteiger partial charge in [-0.15, -0.1) is 0 Å². The highest BCUT2D eigenvalue weighted by molar-refractivity contribution is 7.88. The molecule has 116 valence electrons. The zero-order chi connectivity index (χ0) is 16.0. The summed E-state index contributed by atoms with van der Waals surface area (Å²) in [7, 11) is -3.65. The van der Waals surface area contributed by atoms with Gasteiger partial charge in [0, 0.05) is 0 Å². The number of carbonyl (C=O) groups is 1. The maximum absolute atomic E-state index is 12.2. The summed E-state index contributed by atoms with van der Waals surface area (Å²) in [5, 5.41) is 0. The van der Waals surface area contributed by atoms with Crippen LogP contribution in [-0.2, 0) is 27.0 Å². The maximum Gasteiger partial charge on any atom is 0.235 e. The second-order valence-electron chi connectivity index (χ2n) is 5.01. The molecule has 0 unspecified atom stereocenters. The van der Waals surface area contributed by atoms with Crippen LogP contribution in [0.4, 0.5) is 0 Å². The van der Waals surface area contributed by atoms with Crippen molar-refractivity contribution < 1.29 is 13.2 Å². The number of nitrogens with two attached hydrogens (primary N) is 1. The number of sulfonamides is 1. The SMILES string of the molecule is NC(=O)[C@@H](Cc1ccccc1)NS(=O)(=O)Cc1ccccc1. The van der Waals surface area contributed by atoms with Crippen molar-refractivity contribution in [1.82, 2.24) is 4.72 Å². The summed E-state index contributed by atoms with van der Waals surface area (Å²) in [5.74, 6) is -0.882. The van der Waals surface area contributed by atoms with Crippen LogP contribution in [0.1, 0.15) is 11.1 Å². The molecular formula is C16H18N2O3S. The van der Waals surface area contributed by atoms with Gasteiger partial charge in [0.2, 0.25) is 15.9 Å². The second-order valence-corrected chi connectivity index (χ2v) is 6.76. The fourth-order valence-corrected chi connectivity index (χ4v) is 3.45. The molecule has 0 saturated carbocycles. The van der Waals surface area contributed by atoms with Crippen LogP contribution >= 0.6 is 0 Å². The Balaban J connectivity index is 2.08. The fraction of sp³-hybridized carbons (Fsp3) is 0.188. The lowest BCUT2D eigenvalue weighted by Crippen LogP contribution is -2.46. The number of nitrogens with one attached hydrogen (secondary N) is 1. The summed E-state index contributed by atoms with van der Waals surface area (Å²) in [4.78, 5) is 11.5. The zero-order valence-corrected chi connectivity index (χ0v) is 12.8. The zero-order valence-electron chi connectivity index (χ0n) is 12.0. The molecule has 2 aromatic rings. The molecular weight excluding hydrogens is 300 g/mol. The quantitative estimate of drug-likeness (QED) is 0.804. The average Bonchev–Trinajstić information content (AvgIpc) is 2.48. The molecule has 0 bridgehead atoms. The molecule has 2 aromatic carbocycles. The van der Waals surface area contributed by atoms with E-state index in [1.807, 2.05) is 36.4 Å². The Labute approximate surface area is 130 Å². The van der Waals surface area contributed by atoms with Crippen molar-refractivity contribution in [2.24, 2.45) is 5.73 Å². The Morgan fingerprint density at radius 3 is 1.95 bits per heavy atom. The standard InChI is InChI=1S/C16H18N2O3S/c17-16(19)15(11-13-7-3-1-4-8-13)18-22(20,21)12-14-9-5-2-6-10-14/h1-10,15,18H,11-12H2,(H2,17,19)/t15-/m1/s1. The molecule has 0 aliphatic rings. The second kappa shape index (κ2) is 7.20. The Morgan fingerprint density at radius 1 is 0.955 bits per heavy atom. The van der Waals surface area contributed by atoms with Crippen molar-refractivity contribution in [1.29, 1.82) is 0 Å². The van der Waals surface area contributed by atoms with Crippen LogP contribution in [0.5, 0.6) is 0 Å². The Morgan fingerprint density at radius 2 is 1.45 bits per heavy atom. The van der Waals surface area contributed by atoms with Crippen LogP contribution < -0.4 is 10.5 Å². The third kappa shape index (κ3) is 4.98. The Hall–Kier alpha value is -2.18. The molecule has 22 heavy (non-hydrogen) atoms. The lowest BCUT2D eigenvalue weighted by molar-refractivity contribution is -0.119. The van der Waals surface area contributed by atoms with Crippen molar-refractivity contribution in [2.45, 2.75) is 18.2 Å². The highest BCUT2D eigenvalue weighted by Crippen LogP contribution is 2.08. The predicted molar refractivity (Wildman–Crippen MR) is 85.3 cm³/mol. The molecule has 0 aromatic heterocycles. The third-order valence-electron chi connectivity index (χ3n) is 3.15. The van der Waals surface area contributed by atoms with Gasteiger partial charge >= 0.3 is 0 Å². The number of benzene rings is 2. The van der Waals surface area contributed by atoms with E-state index < -0.39 is 22.0 Å². The monoisotopic (exact) mass is 318 g/mol. The van der Waals surface area contributed by atoms with Gasteiger partial charge in [-0.05, 0) is 17.5 Å². The van der Waals surface area contributed by atoms with Gasteiger partial charge in [-0.3, -0.25) is 4.79 Å². The average molecular weight is 318 g/mol. The van der Waals surface area contributed by atoms with Crippen LogP contribution in [-0.4, -0.2) is 20.4 Å². The van der Waals surface area contributed by atoms with E-state index in [4.69, 9.17) is 5.73 Å². The van der Waals surface area contributed by atoms with Gasteiger partial charge < -0.3 is 5.73 Å². The van der Waals surface area contributed by atoms with E-state index >= 15 is 0 Å². The van der Waals surface area contributed by atoms with Crippen LogP contribution in [0.25, 0.3) is 0 Å². The van der Waals surface area contributed by atoms with Gasteiger partial charge in [0.05, 0.1) is 5.75 Å². The van der Waals surface area contributed by atoms with Crippen molar-refractivity contribution >= 4 is 15.9 Å². The van der Waals surface area contributed by atoms with Crippen LogP contribution in [0.3, 0.4) is 0 Å². The van der Waals surface area contributed by atoms with Gasteiger partial charge in [0.1, 0.15) is 6.04 Å². The van der Waals surface area contributed by atoms with Crippen molar-refractivity contribution in [2.75, 3.05) is 0 Å². The minimum Gasteiger partial charge on any atom is -0.368 e. The number of amides is 1. The van der Waals surface area contributed by atoms with E-state index in [2.05, 4.69) is 4.72 Å². The Kier molecular flexibility index (Phi) is 5.30. The van der Waals surface area contributed by atoms with E-state index in [0.29, 0.717) is 5.56 Å². The highest BCUT2D eigenvalue weighted by Gasteiger charge is 2.23. The molecule has 6 heteroatoms. The molecule has 5 nitrogen and oxygen atoms in total. The topological polar surface area (TPSA) is 89.3 Å². The van der Waals surface area contributed by atoms with Gasteiger partial charge in [-0.25, -0.2) is 13.1 Å². The first-order valence-electron chi connectivity index (χ1n) is 6.83. The summed E-state index contributed by atoms with van der Waals surface area (Å²) in [5.41, 5.74) is 6.81. The molecule has 0 saturated heterocycles. The third-order valence-corrected chi connectivity index (χ3v) is 4.50. The first-order chi connectivity index (χ1) is 10.5. The van der Waals surface area contributed by atoms with Crippen molar-refractivity contribution in [3.8, 4) is 0 Å². The minimum atomic E-state index is -3.65. The molecule has 2 rings (SSSR count). The number of hydrogen-bond acceptors (Lipinski definition) is 3. The van der Waals surface area contributed by atoms with E-state index in [1.54, 1.807) is 24.3 Å². The first-order valence-corrected chi connectivity index (χ1v) is 8.49. The van der Waals surface area contributed by atoms with E-state index in [9.17, 15) is 13.2 Å². The lowest BCUT2D eigenvalue weighted by Gasteiger charge is -2.16.